The van der Waals surface area contributed by atoms with Crippen LogP contribution in [0.5, 0.6) is 0 Å². The monoisotopic (exact) mass is 329 g/mol. The van der Waals surface area contributed by atoms with Crippen molar-refractivity contribution in [2.75, 3.05) is 5.32 Å². The lowest BCUT2D eigenvalue weighted by Gasteiger charge is -2.03. The van der Waals surface area contributed by atoms with Crippen molar-refractivity contribution in [2.24, 2.45) is 0 Å². The number of carbonyl (C=O) groups is 1. The molecular weight excluding hydrogens is 321 g/mol. The van der Waals surface area contributed by atoms with Gasteiger partial charge in [-0.15, -0.1) is 5.10 Å². The fourth-order valence-corrected chi connectivity index (χ4v) is 1.42. The van der Waals surface area contributed by atoms with E-state index in [0.717, 1.165) is 3.57 Å². The van der Waals surface area contributed by atoms with E-state index in [2.05, 4.69) is 43.2 Å². The van der Waals surface area contributed by atoms with Crippen molar-refractivity contribution >= 4 is 34.3 Å². The number of hydrogen-bond acceptors (Lipinski definition) is 4. The van der Waals surface area contributed by atoms with Crippen LogP contribution in [0.4, 0.5) is 5.82 Å². The molecule has 16 heavy (non-hydrogen) atoms. The number of hydrogen-bond donors (Lipinski definition) is 1. The van der Waals surface area contributed by atoms with Gasteiger partial charge in [-0.1, -0.05) is 5.21 Å². The lowest BCUT2D eigenvalue weighted by molar-refractivity contribution is -0.116. The zero-order valence-electron chi connectivity index (χ0n) is 8.17. The number of amides is 1. The molecule has 2 aromatic heterocycles. The van der Waals surface area contributed by atoms with Crippen LogP contribution in [0.15, 0.2) is 30.7 Å². The third-order valence-corrected chi connectivity index (χ3v) is 2.41. The predicted octanol–water partition coefficient (Wildman–Crippen LogP) is 0.916. The minimum Gasteiger partial charge on any atom is -0.309 e. The molecule has 0 radical (unpaired) electrons. The number of nitrogens with one attached hydrogen (secondary N) is 1. The standard InChI is InChI=1S/C9H8IN5O/c10-7-1-2-8(11-5-7)13-9(16)6-15-4-3-12-14-15/h1-5H,6H2,(H,11,13,16). The number of halogens is 1. The zero-order chi connectivity index (χ0) is 11.4. The summed E-state index contributed by atoms with van der Waals surface area (Å²) >= 11 is 2.15. The molecule has 2 aromatic rings. The Morgan fingerprint density at radius 1 is 1.50 bits per heavy atom. The summed E-state index contributed by atoms with van der Waals surface area (Å²) < 4.78 is 2.47. The smallest absolute Gasteiger partial charge is 0.247 e. The molecule has 1 amide bonds. The predicted molar refractivity (Wildman–Crippen MR) is 65.6 cm³/mol. The van der Waals surface area contributed by atoms with Gasteiger partial charge in [-0.05, 0) is 34.7 Å². The third-order valence-electron chi connectivity index (χ3n) is 1.77. The third kappa shape index (κ3) is 2.99. The van der Waals surface area contributed by atoms with Gasteiger partial charge in [-0.25, -0.2) is 9.67 Å². The molecule has 0 aromatic carbocycles. The molecule has 1 N–H and O–H groups in total. The first-order valence-corrected chi connectivity index (χ1v) is 5.57. The van der Waals surface area contributed by atoms with Crippen molar-refractivity contribution in [3.05, 3.63) is 34.3 Å². The second-order valence-corrected chi connectivity index (χ2v) is 4.26. The molecule has 0 bridgehead atoms. The highest BCUT2D eigenvalue weighted by molar-refractivity contribution is 14.1. The van der Waals surface area contributed by atoms with Gasteiger partial charge < -0.3 is 5.32 Å². The summed E-state index contributed by atoms with van der Waals surface area (Å²) in [6.45, 7) is 0.133. The largest absolute Gasteiger partial charge is 0.309 e. The Morgan fingerprint density at radius 2 is 2.38 bits per heavy atom. The van der Waals surface area contributed by atoms with Crippen LogP contribution in [0.1, 0.15) is 0 Å². The number of aromatic nitrogens is 4. The van der Waals surface area contributed by atoms with Crippen LogP contribution >= 0.6 is 22.6 Å². The van der Waals surface area contributed by atoms with Crippen LogP contribution in [-0.4, -0.2) is 25.9 Å². The summed E-state index contributed by atoms with van der Waals surface area (Å²) in [5, 5.41) is 9.97. The lowest BCUT2D eigenvalue weighted by Crippen LogP contribution is -2.19. The zero-order valence-corrected chi connectivity index (χ0v) is 10.3. The molecule has 82 valence electrons. The normalized spacial score (nSPS) is 10.1. The van der Waals surface area contributed by atoms with Crippen molar-refractivity contribution in [3.63, 3.8) is 0 Å². The van der Waals surface area contributed by atoms with Crippen molar-refractivity contribution < 1.29 is 4.79 Å². The van der Waals surface area contributed by atoms with Gasteiger partial charge >= 0.3 is 0 Å². The maximum atomic E-state index is 11.5. The van der Waals surface area contributed by atoms with E-state index in [9.17, 15) is 4.79 Å². The van der Waals surface area contributed by atoms with Crippen molar-refractivity contribution in [2.45, 2.75) is 6.54 Å². The minimum absolute atomic E-state index is 0.133. The molecule has 0 atom stereocenters. The molecular formula is C9H8IN5O. The first kappa shape index (κ1) is 11.0. The van der Waals surface area contributed by atoms with E-state index < -0.39 is 0 Å². The molecule has 2 rings (SSSR count). The Hall–Kier alpha value is -1.51. The van der Waals surface area contributed by atoms with Crippen LogP contribution in [0, 0.1) is 3.57 Å². The molecule has 0 fully saturated rings. The summed E-state index contributed by atoms with van der Waals surface area (Å²) in [4.78, 5) is 15.6. The van der Waals surface area contributed by atoms with Crippen molar-refractivity contribution in [3.8, 4) is 0 Å². The molecule has 0 spiro atoms. The Balaban J connectivity index is 1.95. The second kappa shape index (κ2) is 5.01. The molecule has 6 nitrogen and oxygen atoms in total. The average Bonchev–Trinajstić information content (AvgIpc) is 2.74. The number of anilines is 1. The average molecular weight is 329 g/mol. The van der Waals surface area contributed by atoms with Crippen molar-refractivity contribution in [1.29, 1.82) is 0 Å². The van der Waals surface area contributed by atoms with E-state index in [1.807, 2.05) is 6.07 Å². The van der Waals surface area contributed by atoms with Crippen LogP contribution in [0.25, 0.3) is 0 Å². The van der Waals surface area contributed by atoms with Crippen LogP contribution in [0.2, 0.25) is 0 Å². The first-order chi connectivity index (χ1) is 7.74. The van der Waals surface area contributed by atoms with Gasteiger partial charge in [0.05, 0.1) is 6.20 Å². The number of rotatable bonds is 3. The quantitative estimate of drug-likeness (QED) is 0.850. The van der Waals surface area contributed by atoms with E-state index in [-0.39, 0.29) is 12.5 Å². The fraction of sp³-hybridized carbons (Fsp3) is 0.111. The Kier molecular flexibility index (Phi) is 3.44. The van der Waals surface area contributed by atoms with E-state index in [4.69, 9.17) is 0 Å². The topological polar surface area (TPSA) is 72.7 Å². The molecule has 0 aliphatic rings. The minimum atomic E-state index is -0.181. The molecule has 7 heteroatoms. The van der Waals surface area contributed by atoms with E-state index in [0.29, 0.717) is 5.82 Å². The van der Waals surface area contributed by atoms with Gasteiger partial charge in [0.15, 0.2) is 0 Å². The van der Waals surface area contributed by atoms with Crippen LogP contribution in [-0.2, 0) is 11.3 Å². The lowest BCUT2D eigenvalue weighted by atomic mass is 10.4. The molecule has 0 aliphatic carbocycles. The van der Waals surface area contributed by atoms with Crippen LogP contribution in [0.3, 0.4) is 0 Å². The van der Waals surface area contributed by atoms with Crippen molar-refractivity contribution in [1.82, 2.24) is 20.0 Å². The fourth-order valence-electron chi connectivity index (χ4n) is 1.10. The highest BCUT2D eigenvalue weighted by atomic mass is 127. The van der Waals surface area contributed by atoms with Gasteiger partial charge in [0, 0.05) is 16.0 Å². The van der Waals surface area contributed by atoms with Gasteiger partial charge in [-0.2, -0.15) is 0 Å². The molecule has 0 aliphatic heterocycles. The number of pyridine rings is 1. The van der Waals surface area contributed by atoms with E-state index in [1.165, 1.54) is 10.9 Å². The highest BCUT2D eigenvalue weighted by Gasteiger charge is 2.04. The van der Waals surface area contributed by atoms with Gasteiger partial charge in [0.2, 0.25) is 5.91 Å². The molecule has 0 unspecified atom stereocenters. The summed E-state index contributed by atoms with van der Waals surface area (Å²) in [6.07, 6.45) is 4.84. The summed E-state index contributed by atoms with van der Waals surface area (Å²) in [5.74, 6) is 0.352. The summed E-state index contributed by atoms with van der Waals surface area (Å²) in [7, 11) is 0. The SMILES string of the molecule is O=C(Cn1ccnn1)Nc1ccc(I)cn1. The van der Waals surface area contributed by atoms with E-state index in [1.54, 1.807) is 18.5 Å². The van der Waals surface area contributed by atoms with E-state index >= 15 is 0 Å². The Labute approximate surface area is 105 Å². The Morgan fingerprint density at radius 3 is 3.00 bits per heavy atom. The Bertz CT molecular complexity index is 467. The van der Waals surface area contributed by atoms with Gasteiger partial charge in [0.25, 0.3) is 0 Å². The maximum Gasteiger partial charge on any atom is 0.247 e. The van der Waals surface area contributed by atoms with Gasteiger partial charge in [-0.3, -0.25) is 4.79 Å². The molecule has 0 saturated heterocycles. The highest BCUT2D eigenvalue weighted by Crippen LogP contribution is 2.06. The number of nitrogens with zero attached hydrogens (tertiary/aromatic N) is 4. The van der Waals surface area contributed by atoms with Crippen LogP contribution < -0.4 is 5.32 Å². The second-order valence-electron chi connectivity index (χ2n) is 3.01. The summed E-state index contributed by atoms with van der Waals surface area (Å²) in [6, 6.07) is 3.62. The molecule has 0 saturated carbocycles. The first-order valence-electron chi connectivity index (χ1n) is 4.49. The molecule has 2 heterocycles. The number of carbonyl (C=O) groups excluding carboxylic acids is 1. The maximum absolute atomic E-state index is 11.5. The summed E-state index contributed by atoms with van der Waals surface area (Å²) in [5.41, 5.74) is 0. The van der Waals surface area contributed by atoms with Gasteiger partial charge in [0.1, 0.15) is 12.4 Å².